The first-order chi connectivity index (χ1) is 7.83. The second-order valence-electron chi connectivity index (χ2n) is 4.07. The highest BCUT2D eigenvalue weighted by molar-refractivity contribution is 5.62. The average Bonchev–Trinajstić information content (AvgIpc) is 2.65. The first-order valence-corrected chi connectivity index (χ1v) is 5.37. The van der Waals surface area contributed by atoms with Crippen molar-refractivity contribution >= 4 is 0 Å². The van der Waals surface area contributed by atoms with Gasteiger partial charge >= 0.3 is 0 Å². The number of aromatic hydroxyl groups is 1. The molecule has 1 aliphatic heterocycles. The Labute approximate surface area is 93.5 Å². The van der Waals surface area contributed by atoms with Crippen molar-refractivity contribution in [1.82, 2.24) is 15.1 Å². The summed E-state index contributed by atoms with van der Waals surface area (Å²) in [7, 11) is 0. The van der Waals surface area contributed by atoms with E-state index in [1.54, 1.807) is 12.1 Å². The molecule has 1 aromatic carbocycles. The van der Waals surface area contributed by atoms with E-state index in [-0.39, 0.29) is 0 Å². The monoisotopic (exact) mass is 215 g/mol. The minimum atomic E-state index is 0.291. The third-order valence-corrected chi connectivity index (χ3v) is 2.94. The number of rotatable bonds is 2. The molecule has 0 spiro atoms. The van der Waals surface area contributed by atoms with E-state index >= 15 is 0 Å². The number of aromatic nitrogens is 2. The van der Waals surface area contributed by atoms with Crippen LogP contribution in [0.25, 0.3) is 11.1 Å². The molecule has 0 aliphatic carbocycles. The van der Waals surface area contributed by atoms with Crippen LogP contribution in [0.1, 0.15) is 6.04 Å². The molecule has 2 N–H and O–H groups in total. The SMILES string of the molecule is Oc1ccc(-c2cnn(C3CNC3)c2)cc1. The molecule has 0 radical (unpaired) electrons. The van der Waals surface area contributed by atoms with E-state index in [1.807, 2.05) is 23.0 Å². The second kappa shape index (κ2) is 3.64. The van der Waals surface area contributed by atoms with Gasteiger partial charge in [-0.3, -0.25) is 4.68 Å². The summed E-state index contributed by atoms with van der Waals surface area (Å²) >= 11 is 0. The summed E-state index contributed by atoms with van der Waals surface area (Å²) in [5.74, 6) is 0.291. The quantitative estimate of drug-likeness (QED) is 0.796. The van der Waals surface area contributed by atoms with Gasteiger partial charge in [0.15, 0.2) is 0 Å². The Bertz CT molecular complexity index is 485. The Hall–Kier alpha value is -1.81. The molecule has 1 aromatic heterocycles. The molecule has 4 nitrogen and oxygen atoms in total. The lowest BCUT2D eigenvalue weighted by molar-refractivity contribution is 0.318. The maximum atomic E-state index is 9.22. The molecule has 3 rings (SSSR count). The number of phenols is 1. The van der Waals surface area contributed by atoms with Gasteiger partial charge in [0.05, 0.1) is 12.2 Å². The van der Waals surface area contributed by atoms with Crippen molar-refractivity contribution in [3.05, 3.63) is 36.7 Å². The average molecular weight is 215 g/mol. The predicted octanol–water partition coefficient (Wildman–Crippen LogP) is 1.40. The van der Waals surface area contributed by atoms with Crippen molar-refractivity contribution in [1.29, 1.82) is 0 Å². The summed E-state index contributed by atoms with van der Waals surface area (Å²) in [5.41, 5.74) is 2.17. The van der Waals surface area contributed by atoms with Crippen LogP contribution in [0.15, 0.2) is 36.7 Å². The highest BCUT2D eigenvalue weighted by atomic mass is 16.3. The van der Waals surface area contributed by atoms with Crippen LogP contribution in [-0.2, 0) is 0 Å². The molecule has 0 amide bonds. The second-order valence-corrected chi connectivity index (χ2v) is 4.07. The number of phenolic OH excluding ortho intramolecular Hbond substituents is 1. The van der Waals surface area contributed by atoms with Gasteiger partial charge in [-0.15, -0.1) is 0 Å². The molecule has 82 valence electrons. The molecular weight excluding hydrogens is 202 g/mol. The van der Waals surface area contributed by atoms with Crippen LogP contribution in [-0.4, -0.2) is 28.0 Å². The predicted molar refractivity (Wildman–Crippen MR) is 61.2 cm³/mol. The molecule has 0 saturated carbocycles. The zero-order valence-corrected chi connectivity index (χ0v) is 8.80. The van der Waals surface area contributed by atoms with Crippen molar-refractivity contribution in [3.63, 3.8) is 0 Å². The van der Waals surface area contributed by atoms with Crippen molar-refractivity contribution in [2.45, 2.75) is 6.04 Å². The molecule has 4 heteroatoms. The molecule has 2 aromatic rings. The van der Waals surface area contributed by atoms with E-state index in [2.05, 4.69) is 16.6 Å². The summed E-state index contributed by atoms with van der Waals surface area (Å²) < 4.78 is 2.00. The van der Waals surface area contributed by atoms with Gasteiger partial charge in [0, 0.05) is 24.8 Å². The minimum absolute atomic E-state index is 0.291. The molecule has 2 heterocycles. The Morgan fingerprint density at radius 1 is 1.19 bits per heavy atom. The van der Waals surface area contributed by atoms with E-state index in [1.165, 1.54) is 0 Å². The highest BCUT2D eigenvalue weighted by Crippen LogP contribution is 2.22. The van der Waals surface area contributed by atoms with Crippen molar-refractivity contribution < 1.29 is 5.11 Å². The summed E-state index contributed by atoms with van der Waals surface area (Å²) in [6.07, 6.45) is 3.92. The number of hydrogen-bond acceptors (Lipinski definition) is 3. The summed E-state index contributed by atoms with van der Waals surface area (Å²) in [6, 6.07) is 7.67. The van der Waals surface area contributed by atoms with Gasteiger partial charge in [-0.2, -0.15) is 5.10 Å². The van der Waals surface area contributed by atoms with Crippen LogP contribution in [0.4, 0.5) is 0 Å². The Balaban J connectivity index is 1.88. The lowest BCUT2D eigenvalue weighted by atomic mass is 10.1. The van der Waals surface area contributed by atoms with E-state index in [4.69, 9.17) is 0 Å². The van der Waals surface area contributed by atoms with E-state index < -0.39 is 0 Å². The molecule has 1 fully saturated rings. The number of hydrogen-bond donors (Lipinski definition) is 2. The maximum Gasteiger partial charge on any atom is 0.115 e. The fourth-order valence-electron chi connectivity index (χ4n) is 1.80. The third-order valence-electron chi connectivity index (χ3n) is 2.94. The van der Waals surface area contributed by atoms with Gasteiger partial charge in [-0.05, 0) is 17.7 Å². The van der Waals surface area contributed by atoms with E-state index in [0.29, 0.717) is 11.8 Å². The summed E-state index contributed by atoms with van der Waals surface area (Å²) in [5, 5.41) is 16.8. The zero-order valence-electron chi connectivity index (χ0n) is 8.80. The normalized spacial score (nSPS) is 16.0. The standard InChI is InChI=1S/C12H13N3O/c16-12-3-1-9(2-4-12)10-5-14-15(8-10)11-6-13-7-11/h1-5,8,11,13,16H,6-7H2. The van der Waals surface area contributed by atoms with Crippen LogP contribution in [0.5, 0.6) is 5.75 Å². The Morgan fingerprint density at radius 3 is 2.56 bits per heavy atom. The van der Waals surface area contributed by atoms with Gasteiger partial charge < -0.3 is 10.4 Å². The fourth-order valence-corrected chi connectivity index (χ4v) is 1.80. The van der Waals surface area contributed by atoms with Gasteiger partial charge in [-0.1, -0.05) is 12.1 Å². The van der Waals surface area contributed by atoms with E-state index in [9.17, 15) is 5.11 Å². The van der Waals surface area contributed by atoms with E-state index in [0.717, 1.165) is 24.2 Å². The minimum Gasteiger partial charge on any atom is -0.508 e. The molecular formula is C12H13N3O. The first kappa shape index (κ1) is 9.42. The lowest BCUT2D eigenvalue weighted by Gasteiger charge is -2.27. The largest absolute Gasteiger partial charge is 0.508 e. The van der Waals surface area contributed by atoms with Crippen LogP contribution in [0.3, 0.4) is 0 Å². The summed E-state index contributed by atoms with van der Waals surface area (Å²) in [6.45, 7) is 1.99. The molecule has 16 heavy (non-hydrogen) atoms. The molecule has 1 saturated heterocycles. The highest BCUT2D eigenvalue weighted by Gasteiger charge is 2.19. The number of benzene rings is 1. The summed E-state index contributed by atoms with van der Waals surface area (Å²) in [4.78, 5) is 0. The van der Waals surface area contributed by atoms with Crippen LogP contribution in [0, 0.1) is 0 Å². The van der Waals surface area contributed by atoms with Gasteiger partial charge in [0.2, 0.25) is 0 Å². The van der Waals surface area contributed by atoms with Gasteiger partial charge in [0.25, 0.3) is 0 Å². The van der Waals surface area contributed by atoms with Gasteiger partial charge in [0.1, 0.15) is 5.75 Å². The van der Waals surface area contributed by atoms with Crippen LogP contribution < -0.4 is 5.32 Å². The smallest absolute Gasteiger partial charge is 0.115 e. The molecule has 0 atom stereocenters. The van der Waals surface area contributed by atoms with Crippen LogP contribution in [0.2, 0.25) is 0 Å². The topological polar surface area (TPSA) is 50.1 Å². The fraction of sp³-hybridized carbons (Fsp3) is 0.250. The van der Waals surface area contributed by atoms with Crippen LogP contribution >= 0.6 is 0 Å². The Morgan fingerprint density at radius 2 is 1.94 bits per heavy atom. The molecule has 1 aliphatic rings. The van der Waals surface area contributed by atoms with Gasteiger partial charge in [-0.25, -0.2) is 0 Å². The number of nitrogens with one attached hydrogen (secondary N) is 1. The molecule has 0 unspecified atom stereocenters. The first-order valence-electron chi connectivity index (χ1n) is 5.37. The van der Waals surface area contributed by atoms with Crippen molar-refractivity contribution in [3.8, 4) is 16.9 Å². The zero-order chi connectivity index (χ0) is 11.0. The maximum absolute atomic E-state index is 9.22. The molecule has 0 bridgehead atoms. The third kappa shape index (κ3) is 1.57. The number of nitrogens with zero attached hydrogens (tertiary/aromatic N) is 2. The van der Waals surface area contributed by atoms with Crippen molar-refractivity contribution in [2.75, 3.05) is 13.1 Å². The lowest BCUT2D eigenvalue weighted by Crippen LogP contribution is -2.43. The van der Waals surface area contributed by atoms with Crippen molar-refractivity contribution in [2.24, 2.45) is 0 Å². The Kier molecular flexibility index (Phi) is 2.15.